The van der Waals surface area contributed by atoms with Crippen LogP contribution in [0, 0.1) is 17.3 Å². The van der Waals surface area contributed by atoms with Crippen molar-refractivity contribution in [3.05, 3.63) is 93.7 Å². The van der Waals surface area contributed by atoms with Gasteiger partial charge in [0.05, 0.1) is 29.4 Å². The van der Waals surface area contributed by atoms with Crippen molar-refractivity contribution >= 4 is 18.7 Å². The van der Waals surface area contributed by atoms with Gasteiger partial charge in [0.1, 0.15) is 17.6 Å². The summed E-state index contributed by atoms with van der Waals surface area (Å²) < 4.78 is 54.8. The number of anilines is 1. The van der Waals surface area contributed by atoms with Gasteiger partial charge in [0.15, 0.2) is 0 Å². The Morgan fingerprint density at radius 2 is 1.82 bits per heavy atom. The van der Waals surface area contributed by atoms with Gasteiger partial charge in [-0.2, -0.15) is 13.2 Å². The molecule has 8 rings (SSSR count). The van der Waals surface area contributed by atoms with E-state index in [1.54, 1.807) is 6.07 Å². The van der Waals surface area contributed by atoms with E-state index >= 15 is 0 Å². The average Bonchev–Trinajstić information content (AvgIpc) is 3.61. The normalized spacial score (nSPS) is 29.5. The highest BCUT2D eigenvalue weighted by atomic mass is 19.4. The first kappa shape index (κ1) is 35.8. The summed E-state index contributed by atoms with van der Waals surface area (Å²) >= 11 is 0. The molecule has 4 fully saturated rings. The van der Waals surface area contributed by atoms with Gasteiger partial charge in [-0.15, -0.1) is 0 Å². The summed E-state index contributed by atoms with van der Waals surface area (Å²) in [4.78, 5) is 33.3. The second-order valence-corrected chi connectivity index (χ2v) is 16.2. The van der Waals surface area contributed by atoms with Gasteiger partial charge in [-0.05, 0) is 92.4 Å². The quantitative estimate of drug-likeness (QED) is 0.204. The van der Waals surface area contributed by atoms with Crippen molar-refractivity contribution in [2.45, 2.75) is 121 Å². The van der Waals surface area contributed by atoms with E-state index in [-0.39, 0.29) is 29.7 Å². The SMILES string of the molecule is CC[C@H](NC(=O)[C@@H]1C[C@@](C)(CCCc2ccccc2)c2ncc(NCc3cccc(C(F)(F)F)c3)c(=O)n21)B1O[C@@H]2C[C@@H]3C[C@@H](C3(C)C)[C@]2(C)O1. The number of nitrogens with zero attached hydrogens (tertiary/aromatic N) is 2. The Morgan fingerprint density at radius 3 is 2.53 bits per heavy atom. The molecule has 2 aromatic carbocycles. The first-order chi connectivity index (χ1) is 24.1. The largest absolute Gasteiger partial charge is 0.481 e. The van der Waals surface area contributed by atoms with Crippen LogP contribution < -0.4 is 16.2 Å². The molecule has 1 saturated heterocycles. The molecule has 3 heterocycles. The van der Waals surface area contributed by atoms with Crippen molar-refractivity contribution in [1.82, 2.24) is 14.9 Å². The zero-order chi connectivity index (χ0) is 36.3. The van der Waals surface area contributed by atoms with Crippen LogP contribution in [0.2, 0.25) is 0 Å². The summed E-state index contributed by atoms with van der Waals surface area (Å²) in [6, 6.07) is 14.3. The molecule has 2 N–H and O–H groups in total. The third-order valence-electron chi connectivity index (χ3n) is 12.6. The summed E-state index contributed by atoms with van der Waals surface area (Å²) in [6.45, 7) is 10.8. The summed E-state index contributed by atoms with van der Waals surface area (Å²) in [6.07, 6.45) is 2.36. The lowest BCUT2D eigenvalue weighted by Gasteiger charge is -2.64. The number of halogens is 3. The van der Waals surface area contributed by atoms with E-state index < -0.39 is 47.4 Å². The Kier molecular flexibility index (Phi) is 9.18. The van der Waals surface area contributed by atoms with Gasteiger partial charge in [0.25, 0.3) is 5.56 Å². The number of hydrogen-bond acceptors (Lipinski definition) is 6. The fourth-order valence-electron chi connectivity index (χ4n) is 9.45. The van der Waals surface area contributed by atoms with Gasteiger partial charge in [0, 0.05) is 12.0 Å². The number of nitrogens with one attached hydrogen (secondary N) is 2. The second kappa shape index (κ2) is 13.1. The van der Waals surface area contributed by atoms with Crippen LogP contribution in [0.1, 0.15) is 102 Å². The molecule has 8 nitrogen and oxygen atoms in total. The van der Waals surface area contributed by atoms with Crippen molar-refractivity contribution in [1.29, 1.82) is 0 Å². The van der Waals surface area contributed by atoms with Gasteiger partial charge in [-0.3, -0.25) is 14.2 Å². The first-order valence-corrected chi connectivity index (χ1v) is 18.3. The zero-order valence-electron chi connectivity index (χ0n) is 30.1. The van der Waals surface area contributed by atoms with E-state index in [4.69, 9.17) is 14.3 Å². The number of aromatic nitrogens is 2. The molecule has 272 valence electrons. The molecular formula is C39H48BF3N4O4. The molecule has 5 aliphatic rings. The Bertz CT molecular complexity index is 1840. The molecule has 0 unspecified atom stereocenters. The number of aryl methyl sites for hydroxylation is 1. The lowest BCUT2D eigenvalue weighted by Crippen LogP contribution is -2.65. The lowest BCUT2D eigenvalue weighted by atomic mass is 9.43. The molecule has 1 aromatic heterocycles. The number of rotatable bonds is 11. The Balaban J connectivity index is 1.13. The molecule has 12 heteroatoms. The molecule has 7 atom stereocenters. The van der Waals surface area contributed by atoms with E-state index in [1.807, 2.05) is 25.1 Å². The van der Waals surface area contributed by atoms with Gasteiger partial charge < -0.3 is 19.9 Å². The minimum Gasteiger partial charge on any atom is -0.404 e. The average molecular weight is 705 g/mol. The second-order valence-electron chi connectivity index (χ2n) is 16.2. The molecule has 0 radical (unpaired) electrons. The summed E-state index contributed by atoms with van der Waals surface area (Å²) in [5, 5.41) is 6.21. The van der Waals surface area contributed by atoms with Crippen LogP contribution in [-0.4, -0.2) is 40.2 Å². The highest BCUT2D eigenvalue weighted by molar-refractivity contribution is 6.47. The first-order valence-electron chi connectivity index (χ1n) is 18.3. The number of hydrogen-bond donors (Lipinski definition) is 2. The number of carbonyl (C=O) groups excluding carboxylic acids is 1. The number of carbonyl (C=O) groups is 1. The molecule has 3 saturated carbocycles. The minimum atomic E-state index is -4.48. The fourth-order valence-corrected chi connectivity index (χ4v) is 9.45. The molecular weight excluding hydrogens is 656 g/mol. The van der Waals surface area contributed by atoms with Crippen LogP contribution in [-0.2, 0) is 38.7 Å². The molecule has 1 amide bonds. The van der Waals surface area contributed by atoms with Crippen molar-refractivity contribution in [2.75, 3.05) is 5.32 Å². The van der Waals surface area contributed by atoms with Crippen LogP contribution in [0.3, 0.4) is 0 Å². The standard InChI is InChI=1S/C39H48BF3N4O4/c1-6-32(40-50-31-20-27-19-30(36(27,2)3)38(31,5)51-40)46-33(48)29-21-37(4,17-11-15-24-12-8-7-9-13-24)35-45-23-28(34(49)47(29)35)44-22-25-14-10-16-26(18-25)39(41,42)43/h7-10,12-14,16,18,23,27,29-32,44H,6,11,15,17,19-22H2,1-5H3,(H,46,48)/t27-,29-,30-,31+,32-,37+,38-/m0/s1. The van der Waals surface area contributed by atoms with Gasteiger partial charge in [-0.1, -0.05) is 70.2 Å². The topological polar surface area (TPSA) is 94.5 Å². The predicted molar refractivity (Wildman–Crippen MR) is 190 cm³/mol. The van der Waals surface area contributed by atoms with Gasteiger partial charge >= 0.3 is 13.3 Å². The number of benzene rings is 2. The van der Waals surface area contributed by atoms with Crippen LogP contribution >= 0.6 is 0 Å². The zero-order valence-corrected chi connectivity index (χ0v) is 30.1. The van der Waals surface area contributed by atoms with Crippen LogP contribution in [0.5, 0.6) is 0 Å². The van der Waals surface area contributed by atoms with E-state index in [1.165, 1.54) is 22.4 Å². The third-order valence-corrected chi connectivity index (χ3v) is 12.6. The van der Waals surface area contributed by atoms with Crippen LogP contribution in [0.25, 0.3) is 0 Å². The molecule has 3 aromatic rings. The molecule has 3 aliphatic carbocycles. The monoisotopic (exact) mass is 704 g/mol. The molecule has 2 aliphatic heterocycles. The molecule has 0 spiro atoms. The fraction of sp³-hybridized carbons (Fsp3) is 0.564. The minimum absolute atomic E-state index is 0.0156. The van der Waals surface area contributed by atoms with Crippen molar-refractivity contribution in [2.24, 2.45) is 17.3 Å². The predicted octanol–water partition coefficient (Wildman–Crippen LogP) is 7.26. The Morgan fingerprint density at radius 1 is 1.08 bits per heavy atom. The maximum Gasteiger partial charge on any atom is 0.481 e. The summed E-state index contributed by atoms with van der Waals surface area (Å²) in [5.74, 6) is 0.803. The molecule has 51 heavy (non-hydrogen) atoms. The summed E-state index contributed by atoms with van der Waals surface area (Å²) in [7, 11) is -0.600. The van der Waals surface area contributed by atoms with Crippen LogP contribution in [0.15, 0.2) is 65.6 Å². The van der Waals surface area contributed by atoms with Gasteiger partial charge in [-0.25, -0.2) is 4.98 Å². The van der Waals surface area contributed by atoms with Crippen molar-refractivity contribution < 1.29 is 27.3 Å². The van der Waals surface area contributed by atoms with Crippen molar-refractivity contribution in [3.8, 4) is 0 Å². The number of fused-ring (bicyclic) bond motifs is 1. The third kappa shape index (κ3) is 6.40. The maximum atomic E-state index is 14.3. The van der Waals surface area contributed by atoms with Crippen LogP contribution in [0.4, 0.5) is 18.9 Å². The van der Waals surface area contributed by atoms with Gasteiger partial charge in [0.2, 0.25) is 5.91 Å². The highest BCUT2D eigenvalue weighted by Crippen LogP contribution is 2.65. The van der Waals surface area contributed by atoms with E-state index in [0.717, 1.165) is 37.8 Å². The smallest absolute Gasteiger partial charge is 0.404 e. The highest BCUT2D eigenvalue weighted by Gasteiger charge is 2.68. The summed E-state index contributed by atoms with van der Waals surface area (Å²) in [5.41, 5.74) is -0.280. The van der Waals surface area contributed by atoms with E-state index in [9.17, 15) is 22.8 Å². The number of amides is 1. The molecule has 2 bridgehead atoms. The lowest BCUT2D eigenvalue weighted by molar-refractivity contribution is -0.199. The Labute approximate surface area is 298 Å². The number of alkyl halides is 3. The van der Waals surface area contributed by atoms with E-state index in [0.29, 0.717) is 42.5 Å². The maximum absolute atomic E-state index is 14.3. The Hall–Kier alpha value is -3.64. The van der Waals surface area contributed by atoms with Crippen molar-refractivity contribution in [3.63, 3.8) is 0 Å². The van der Waals surface area contributed by atoms with E-state index in [2.05, 4.69) is 50.5 Å².